The number of carbonyl (C=O) groups excluding carboxylic acids is 1. The molecule has 2 rings (SSSR count). The van der Waals surface area contributed by atoms with E-state index in [1.54, 1.807) is 33.2 Å². The summed E-state index contributed by atoms with van der Waals surface area (Å²) in [4.78, 5) is 17.8. The first kappa shape index (κ1) is 19.4. The van der Waals surface area contributed by atoms with Gasteiger partial charge in [-0.1, -0.05) is 42.5 Å². The fraction of sp³-hybridized carbons (Fsp3) is 0.300. The maximum Gasteiger partial charge on any atom is 0.241 e. The van der Waals surface area contributed by atoms with Crippen LogP contribution in [0.1, 0.15) is 16.7 Å². The molecule has 0 fully saturated rings. The zero-order valence-electron chi connectivity index (χ0n) is 15.4. The lowest BCUT2D eigenvalue weighted by molar-refractivity contribution is -0.127. The smallest absolute Gasteiger partial charge is 0.241 e. The van der Waals surface area contributed by atoms with Gasteiger partial charge in [-0.05, 0) is 29.7 Å². The van der Waals surface area contributed by atoms with E-state index < -0.39 is 0 Å². The van der Waals surface area contributed by atoms with E-state index in [9.17, 15) is 9.18 Å². The normalized spacial score (nSPS) is 11.2. The van der Waals surface area contributed by atoms with Crippen LogP contribution >= 0.6 is 0 Å². The van der Waals surface area contributed by atoms with Crippen molar-refractivity contribution in [2.75, 3.05) is 20.6 Å². The molecule has 0 saturated carbocycles. The predicted octanol–water partition coefficient (Wildman–Crippen LogP) is 2.46. The Morgan fingerprint density at radius 2 is 1.81 bits per heavy atom. The van der Waals surface area contributed by atoms with E-state index in [4.69, 9.17) is 0 Å². The summed E-state index contributed by atoms with van der Waals surface area (Å²) in [5.74, 6) is 0.262. The van der Waals surface area contributed by atoms with Crippen molar-refractivity contribution in [1.29, 1.82) is 0 Å². The average molecular weight is 356 g/mol. The molecular weight excluding hydrogens is 331 g/mol. The van der Waals surface area contributed by atoms with Gasteiger partial charge >= 0.3 is 0 Å². The second-order valence-corrected chi connectivity index (χ2v) is 6.23. The highest BCUT2D eigenvalue weighted by molar-refractivity contribution is 5.86. The largest absolute Gasteiger partial charge is 0.352 e. The maximum absolute atomic E-state index is 13.4. The summed E-state index contributed by atoms with van der Waals surface area (Å²) in [5, 5.41) is 6.26. The minimum Gasteiger partial charge on any atom is -0.352 e. The number of aliphatic imine (C=N–C) groups is 1. The van der Waals surface area contributed by atoms with Crippen molar-refractivity contribution in [3.63, 3.8) is 0 Å². The number of likely N-dealkylation sites (N-methyl/N-ethyl adjacent to an activating group) is 1. The van der Waals surface area contributed by atoms with E-state index in [0.717, 1.165) is 11.1 Å². The highest BCUT2D eigenvalue weighted by Gasteiger charge is 2.06. The Bertz CT molecular complexity index is 760. The van der Waals surface area contributed by atoms with Crippen LogP contribution < -0.4 is 10.6 Å². The van der Waals surface area contributed by atoms with Crippen molar-refractivity contribution >= 4 is 11.9 Å². The molecular formula is C20H25FN4O. The Kier molecular flexibility index (Phi) is 7.14. The molecule has 5 nitrogen and oxygen atoms in total. The quantitative estimate of drug-likeness (QED) is 0.617. The van der Waals surface area contributed by atoms with Gasteiger partial charge in [-0.25, -0.2) is 9.38 Å². The molecule has 0 aliphatic rings. The monoisotopic (exact) mass is 356 g/mol. The van der Waals surface area contributed by atoms with E-state index in [2.05, 4.69) is 15.6 Å². The molecule has 0 atom stereocenters. The molecule has 0 bridgehead atoms. The van der Waals surface area contributed by atoms with Gasteiger partial charge in [-0.3, -0.25) is 4.79 Å². The summed E-state index contributed by atoms with van der Waals surface area (Å²) in [6, 6.07) is 14.9. The predicted molar refractivity (Wildman–Crippen MR) is 102 cm³/mol. The Morgan fingerprint density at radius 3 is 2.46 bits per heavy atom. The number of nitrogens with zero attached hydrogens (tertiary/aromatic N) is 2. The fourth-order valence-corrected chi connectivity index (χ4v) is 2.25. The van der Waals surface area contributed by atoms with Crippen LogP contribution in [0.15, 0.2) is 53.5 Å². The van der Waals surface area contributed by atoms with Crippen LogP contribution in [-0.2, 0) is 17.9 Å². The summed E-state index contributed by atoms with van der Waals surface area (Å²) in [5.41, 5.74) is 2.61. The first-order chi connectivity index (χ1) is 12.5. The van der Waals surface area contributed by atoms with Gasteiger partial charge in [-0.15, -0.1) is 0 Å². The summed E-state index contributed by atoms with van der Waals surface area (Å²) in [6.07, 6.45) is 0. The van der Waals surface area contributed by atoms with Gasteiger partial charge < -0.3 is 15.5 Å². The lowest BCUT2D eigenvalue weighted by Gasteiger charge is -2.15. The maximum atomic E-state index is 13.4. The molecule has 0 saturated heterocycles. The van der Waals surface area contributed by atoms with Crippen molar-refractivity contribution in [3.05, 3.63) is 71.0 Å². The third kappa shape index (κ3) is 6.20. The highest BCUT2D eigenvalue weighted by atomic mass is 19.1. The lowest BCUT2D eigenvalue weighted by Crippen LogP contribution is -2.42. The van der Waals surface area contributed by atoms with E-state index in [1.807, 2.05) is 30.3 Å². The Balaban J connectivity index is 2.04. The number of aryl methyl sites for hydroxylation is 1. The van der Waals surface area contributed by atoms with E-state index in [1.165, 1.54) is 11.0 Å². The van der Waals surface area contributed by atoms with Crippen molar-refractivity contribution in [2.45, 2.75) is 20.0 Å². The van der Waals surface area contributed by atoms with Gasteiger partial charge in [0.2, 0.25) is 5.91 Å². The van der Waals surface area contributed by atoms with Gasteiger partial charge in [0.25, 0.3) is 0 Å². The first-order valence-corrected chi connectivity index (χ1v) is 8.47. The standard InChI is InChI=1S/C20H25FN4O/c1-15-11-17(9-10-18(15)21)13-23-20(24-14-19(26)25(2)3)22-12-16-7-5-4-6-8-16/h4-11H,12-14H2,1-3H3,(H2,22,23,24). The molecule has 26 heavy (non-hydrogen) atoms. The van der Waals surface area contributed by atoms with Gasteiger partial charge in [0.1, 0.15) is 5.82 Å². The molecule has 0 aliphatic heterocycles. The molecule has 2 aromatic carbocycles. The number of halogens is 1. The van der Waals surface area contributed by atoms with Gasteiger partial charge in [0.05, 0.1) is 13.1 Å². The topological polar surface area (TPSA) is 56.7 Å². The third-order valence-electron chi connectivity index (χ3n) is 3.85. The lowest BCUT2D eigenvalue weighted by atomic mass is 10.1. The summed E-state index contributed by atoms with van der Waals surface area (Å²) in [7, 11) is 3.42. The molecule has 6 heteroatoms. The second-order valence-electron chi connectivity index (χ2n) is 6.23. The number of amides is 1. The summed E-state index contributed by atoms with van der Waals surface area (Å²) >= 11 is 0. The van der Waals surface area contributed by atoms with Crippen LogP contribution in [-0.4, -0.2) is 37.4 Å². The molecule has 0 unspecified atom stereocenters. The Labute approximate surface area is 153 Å². The molecule has 0 aliphatic carbocycles. The molecule has 1 amide bonds. The number of carbonyl (C=O) groups is 1. The van der Waals surface area contributed by atoms with Crippen LogP contribution in [0.4, 0.5) is 4.39 Å². The minimum atomic E-state index is -0.227. The molecule has 0 spiro atoms. The van der Waals surface area contributed by atoms with Crippen LogP contribution in [0, 0.1) is 12.7 Å². The second kappa shape index (κ2) is 9.56. The SMILES string of the molecule is Cc1cc(CN=C(NCC(=O)N(C)C)NCc2ccccc2)ccc1F. The van der Waals surface area contributed by atoms with Gasteiger partial charge in [0.15, 0.2) is 5.96 Å². The summed E-state index contributed by atoms with van der Waals surface area (Å²) < 4.78 is 13.4. The third-order valence-corrected chi connectivity index (χ3v) is 3.85. The van der Waals surface area contributed by atoms with Crippen LogP contribution in [0.3, 0.4) is 0 Å². The number of hydrogen-bond donors (Lipinski definition) is 2. The molecule has 138 valence electrons. The number of guanidine groups is 1. The van der Waals surface area contributed by atoms with Crippen LogP contribution in [0.5, 0.6) is 0 Å². The number of rotatable bonds is 6. The molecule has 0 heterocycles. The number of hydrogen-bond acceptors (Lipinski definition) is 2. The van der Waals surface area contributed by atoms with Gasteiger partial charge in [0, 0.05) is 20.6 Å². The van der Waals surface area contributed by atoms with E-state index in [-0.39, 0.29) is 18.3 Å². The van der Waals surface area contributed by atoms with Crippen molar-refractivity contribution in [2.24, 2.45) is 4.99 Å². The average Bonchev–Trinajstić information content (AvgIpc) is 2.64. The zero-order valence-corrected chi connectivity index (χ0v) is 15.4. The number of benzene rings is 2. The van der Waals surface area contributed by atoms with Crippen LogP contribution in [0.2, 0.25) is 0 Å². The van der Waals surface area contributed by atoms with Crippen molar-refractivity contribution in [3.8, 4) is 0 Å². The molecule has 2 aromatic rings. The minimum absolute atomic E-state index is 0.0446. The van der Waals surface area contributed by atoms with Crippen molar-refractivity contribution < 1.29 is 9.18 Å². The van der Waals surface area contributed by atoms with Gasteiger partial charge in [-0.2, -0.15) is 0 Å². The Hall–Kier alpha value is -2.89. The Morgan fingerprint density at radius 1 is 1.08 bits per heavy atom. The molecule has 0 aromatic heterocycles. The van der Waals surface area contributed by atoms with E-state index in [0.29, 0.717) is 24.6 Å². The van der Waals surface area contributed by atoms with Crippen LogP contribution in [0.25, 0.3) is 0 Å². The molecule has 2 N–H and O–H groups in total. The fourth-order valence-electron chi connectivity index (χ4n) is 2.25. The first-order valence-electron chi connectivity index (χ1n) is 8.47. The highest BCUT2D eigenvalue weighted by Crippen LogP contribution is 2.10. The van der Waals surface area contributed by atoms with E-state index >= 15 is 0 Å². The summed E-state index contributed by atoms with van der Waals surface area (Å²) in [6.45, 7) is 2.86. The zero-order chi connectivity index (χ0) is 18.9. The number of nitrogens with one attached hydrogen (secondary N) is 2. The molecule has 0 radical (unpaired) electrons. The van der Waals surface area contributed by atoms with Crippen molar-refractivity contribution in [1.82, 2.24) is 15.5 Å².